The van der Waals surface area contributed by atoms with Gasteiger partial charge in [-0.1, -0.05) is 35.9 Å². The number of nitriles is 1. The molecule has 0 radical (unpaired) electrons. The summed E-state index contributed by atoms with van der Waals surface area (Å²) >= 11 is 0. The summed E-state index contributed by atoms with van der Waals surface area (Å²) in [5, 5.41) is 9.92. The number of aryl methyl sites for hydroxylation is 1. The number of fused-ring (bicyclic) bond motifs is 1. The van der Waals surface area contributed by atoms with Gasteiger partial charge in [0, 0.05) is 31.2 Å². The van der Waals surface area contributed by atoms with E-state index in [9.17, 15) is 31.6 Å². The summed E-state index contributed by atoms with van der Waals surface area (Å²) in [6.45, 7) is 1.79. The van der Waals surface area contributed by atoms with Gasteiger partial charge in [0.2, 0.25) is 5.78 Å². The number of rotatable bonds is 6. The number of carbonyl (C=O) groups excluding carboxylic acids is 1. The molecule has 0 atom stereocenters. The highest BCUT2D eigenvalue weighted by atomic mass is 32.2. The minimum Gasteiger partial charge on any atom is -0.382 e. The normalized spacial score (nSPS) is 12.4. The first-order valence-corrected chi connectivity index (χ1v) is 12.6. The van der Waals surface area contributed by atoms with Crippen LogP contribution in [0.15, 0.2) is 83.4 Å². The standard InChI is InChI=1S/C27H21F3N4O3S/c1-17-7-11-21(12-8-17)38(36,37)34-23-13-18(22-5-4-6-25(32-22)27(28,29)30)9-10-19(23)14-24(34)26(35)20(15-31)16-33(2)3/h4-14,16H,1-3H3/b20-16+. The molecule has 4 rings (SSSR count). The van der Waals surface area contributed by atoms with Crippen LogP contribution in [0.5, 0.6) is 0 Å². The van der Waals surface area contributed by atoms with E-state index < -0.39 is 27.7 Å². The maximum absolute atomic E-state index is 13.8. The third kappa shape index (κ3) is 5.03. The molecular weight excluding hydrogens is 517 g/mol. The van der Waals surface area contributed by atoms with Crippen LogP contribution in [0.1, 0.15) is 21.7 Å². The Labute approximate surface area is 217 Å². The second-order valence-electron chi connectivity index (χ2n) is 8.74. The highest BCUT2D eigenvalue weighted by Gasteiger charge is 2.33. The quantitative estimate of drug-likeness (QED) is 0.185. The van der Waals surface area contributed by atoms with E-state index in [4.69, 9.17) is 0 Å². The third-order valence-electron chi connectivity index (χ3n) is 5.64. The van der Waals surface area contributed by atoms with Crippen molar-refractivity contribution < 1.29 is 26.4 Å². The van der Waals surface area contributed by atoms with Crippen molar-refractivity contribution in [2.24, 2.45) is 0 Å². The molecule has 0 aliphatic rings. The first kappa shape index (κ1) is 26.6. The second kappa shape index (κ2) is 9.79. The van der Waals surface area contributed by atoms with Crippen molar-refractivity contribution in [1.82, 2.24) is 13.9 Å². The molecule has 0 amide bonds. The van der Waals surface area contributed by atoms with Gasteiger partial charge in [0.05, 0.1) is 16.1 Å². The fourth-order valence-corrected chi connectivity index (χ4v) is 5.36. The number of benzene rings is 2. The average Bonchev–Trinajstić information content (AvgIpc) is 3.26. The summed E-state index contributed by atoms with van der Waals surface area (Å²) in [5.41, 5.74) is -0.627. The number of alkyl halides is 3. The number of aromatic nitrogens is 2. The SMILES string of the molecule is Cc1ccc(S(=O)(=O)n2c(C(=O)/C(C#N)=C/N(C)C)cc3ccc(-c4cccc(C(F)(F)F)n4)cc32)cc1. The smallest absolute Gasteiger partial charge is 0.382 e. The van der Waals surface area contributed by atoms with E-state index in [1.165, 1.54) is 59.6 Å². The van der Waals surface area contributed by atoms with Crippen LogP contribution in [-0.4, -0.2) is 42.2 Å². The highest BCUT2D eigenvalue weighted by molar-refractivity contribution is 7.90. The Balaban J connectivity index is 2.01. The number of hydrogen-bond acceptors (Lipinski definition) is 6. The summed E-state index contributed by atoms with van der Waals surface area (Å²) < 4.78 is 68.3. The highest BCUT2D eigenvalue weighted by Crippen LogP contribution is 2.33. The molecule has 0 aliphatic heterocycles. The van der Waals surface area contributed by atoms with Gasteiger partial charge in [-0.05, 0) is 43.3 Å². The number of hydrogen-bond donors (Lipinski definition) is 0. The van der Waals surface area contributed by atoms with Crippen LogP contribution < -0.4 is 0 Å². The summed E-state index contributed by atoms with van der Waals surface area (Å²) in [6, 6.07) is 16.9. The molecule has 38 heavy (non-hydrogen) atoms. The van der Waals surface area contributed by atoms with Gasteiger partial charge in [0.1, 0.15) is 23.0 Å². The zero-order valence-electron chi connectivity index (χ0n) is 20.5. The van der Waals surface area contributed by atoms with E-state index in [1.54, 1.807) is 39.2 Å². The number of carbonyl (C=O) groups is 1. The molecule has 2 aromatic carbocycles. The van der Waals surface area contributed by atoms with E-state index >= 15 is 0 Å². The number of halogens is 3. The van der Waals surface area contributed by atoms with Crippen molar-refractivity contribution >= 4 is 26.7 Å². The van der Waals surface area contributed by atoms with Crippen molar-refractivity contribution in [3.63, 3.8) is 0 Å². The van der Waals surface area contributed by atoms with E-state index in [-0.39, 0.29) is 32.9 Å². The Morgan fingerprint density at radius 3 is 2.34 bits per heavy atom. The topological polar surface area (TPSA) is 96.1 Å². The van der Waals surface area contributed by atoms with Gasteiger partial charge in [-0.25, -0.2) is 17.4 Å². The first-order chi connectivity index (χ1) is 17.8. The Bertz CT molecular complexity index is 1730. The van der Waals surface area contributed by atoms with Crippen LogP contribution in [0.2, 0.25) is 0 Å². The van der Waals surface area contributed by atoms with Gasteiger partial charge in [-0.2, -0.15) is 18.4 Å². The lowest BCUT2D eigenvalue weighted by Gasteiger charge is -2.13. The Morgan fingerprint density at radius 1 is 1.05 bits per heavy atom. The van der Waals surface area contributed by atoms with E-state index in [1.807, 2.05) is 0 Å². The van der Waals surface area contributed by atoms with E-state index in [0.29, 0.717) is 5.39 Å². The molecule has 0 spiro atoms. The molecule has 2 aromatic heterocycles. The van der Waals surface area contributed by atoms with Crippen LogP contribution in [0, 0.1) is 18.3 Å². The molecule has 194 valence electrons. The second-order valence-corrected chi connectivity index (χ2v) is 10.5. The first-order valence-electron chi connectivity index (χ1n) is 11.2. The number of pyridine rings is 1. The Morgan fingerprint density at radius 2 is 1.74 bits per heavy atom. The molecule has 0 fully saturated rings. The molecule has 0 unspecified atom stereocenters. The predicted molar refractivity (Wildman–Crippen MR) is 136 cm³/mol. The van der Waals surface area contributed by atoms with Crippen molar-refractivity contribution in [2.75, 3.05) is 14.1 Å². The molecule has 0 N–H and O–H groups in total. The average molecular weight is 539 g/mol. The zero-order valence-corrected chi connectivity index (χ0v) is 21.3. The summed E-state index contributed by atoms with van der Waals surface area (Å²) in [5.74, 6) is -0.827. The number of ketones is 1. The zero-order chi connectivity index (χ0) is 27.8. The van der Waals surface area contributed by atoms with Gasteiger partial charge in [0.25, 0.3) is 10.0 Å². The van der Waals surface area contributed by atoms with Gasteiger partial charge in [-0.3, -0.25) is 4.79 Å². The van der Waals surface area contributed by atoms with Gasteiger partial charge < -0.3 is 4.90 Å². The summed E-state index contributed by atoms with van der Waals surface area (Å²) in [7, 11) is -1.15. The molecule has 0 aliphatic carbocycles. The van der Waals surface area contributed by atoms with E-state index in [0.717, 1.165) is 15.6 Å². The molecule has 0 saturated heterocycles. The molecule has 0 saturated carbocycles. The maximum atomic E-state index is 13.8. The van der Waals surface area contributed by atoms with Crippen molar-refractivity contribution in [3.05, 3.63) is 95.5 Å². The van der Waals surface area contributed by atoms with Crippen LogP contribution in [0.25, 0.3) is 22.2 Å². The largest absolute Gasteiger partial charge is 0.433 e. The molecule has 7 nitrogen and oxygen atoms in total. The minimum atomic E-state index is -4.67. The minimum absolute atomic E-state index is 0.0275. The number of Topliss-reactive ketones (excluding diaryl/α,β-unsaturated/α-hetero) is 1. The maximum Gasteiger partial charge on any atom is 0.433 e. The Kier molecular flexibility index (Phi) is 6.86. The fraction of sp³-hybridized carbons (Fsp3) is 0.148. The lowest BCUT2D eigenvalue weighted by molar-refractivity contribution is -0.141. The lowest BCUT2D eigenvalue weighted by Crippen LogP contribution is -2.20. The van der Waals surface area contributed by atoms with E-state index in [2.05, 4.69) is 4.98 Å². The Hall–Kier alpha value is -4.43. The molecule has 2 heterocycles. The molecule has 4 aromatic rings. The predicted octanol–water partition coefficient (Wildman–Crippen LogP) is 5.42. The van der Waals surface area contributed by atoms with Crippen molar-refractivity contribution in [3.8, 4) is 17.3 Å². The molecule has 11 heteroatoms. The van der Waals surface area contributed by atoms with Gasteiger partial charge in [0.15, 0.2) is 0 Å². The monoisotopic (exact) mass is 538 g/mol. The van der Waals surface area contributed by atoms with Gasteiger partial charge in [-0.15, -0.1) is 0 Å². The molecular formula is C27H21F3N4O3S. The van der Waals surface area contributed by atoms with Crippen LogP contribution in [-0.2, 0) is 16.2 Å². The van der Waals surface area contributed by atoms with Gasteiger partial charge >= 0.3 is 6.18 Å². The van der Waals surface area contributed by atoms with Crippen molar-refractivity contribution in [2.45, 2.75) is 18.0 Å². The summed E-state index contributed by atoms with van der Waals surface area (Å²) in [6.07, 6.45) is -3.39. The van der Waals surface area contributed by atoms with Crippen LogP contribution >= 0.6 is 0 Å². The lowest BCUT2D eigenvalue weighted by atomic mass is 10.1. The third-order valence-corrected chi connectivity index (χ3v) is 7.38. The van der Waals surface area contributed by atoms with Crippen LogP contribution in [0.4, 0.5) is 13.2 Å². The van der Waals surface area contributed by atoms with Crippen LogP contribution in [0.3, 0.4) is 0 Å². The fourth-order valence-electron chi connectivity index (χ4n) is 3.86. The number of nitrogens with zero attached hydrogens (tertiary/aromatic N) is 4. The number of allylic oxidation sites excluding steroid dienone is 1. The van der Waals surface area contributed by atoms with Crippen molar-refractivity contribution in [1.29, 1.82) is 5.26 Å². The summed E-state index contributed by atoms with van der Waals surface area (Å²) in [4.78, 5) is 18.5. The molecule has 0 bridgehead atoms.